The van der Waals surface area contributed by atoms with Crippen LogP contribution in [0.25, 0.3) is 21.9 Å². The summed E-state index contributed by atoms with van der Waals surface area (Å²) in [6, 6.07) is 0. The maximum absolute atomic E-state index is 14.3. The number of phenolic OH excluding ortho intramolecular Hbond substituents is 3. The number of phenols is 3. The van der Waals surface area contributed by atoms with Crippen LogP contribution >= 0.6 is 0 Å². The van der Waals surface area contributed by atoms with Crippen LogP contribution in [0.4, 0.5) is 0 Å². The quantitative estimate of drug-likeness (QED) is 0.259. The molecule has 0 bridgehead atoms. The number of aromatic hydroxyl groups is 3. The van der Waals surface area contributed by atoms with Crippen molar-refractivity contribution in [2.45, 2.75) is 53.6 Å². The molecule has 0 saturated heterocycles. The van der Waals surface area contributed by atoms with Gasteiger partial charge in [0.1, 0.15) is 22.5 Å². The van der Waals surface area contributed by atoms with E-state index in [1.165, 1.54) is 7.11 Å². The minimum absolute atomic E-state index is 0.00584. The normalized spacial score (nSPS) is 11.6. The Morgan fingerprint density at radius 1 is 0.737 bits per heavy atom. The van der Waals surface area contributed by atoms with Crippen LogP contribution in [0.3, 0.4) is 0 Å². The summed E-state index contributed by atoms with van der Waals surface area (Å²) in [5.74, 6) is -0.311. The zero-order valence-electron chi connectivity index (χ0n) is 23.9. The lowest BCUT2D eigenvalue weighted by atomic mass is 9.94. The average Bonchev–Trinajstić information content (AvgIpc) is 2.81. The van der Waals surface area contributed by atoms with Crippen LogP contribution in [0.15, 0.2) is 32.5 Å². The third kappa shape index (κ3) is 5.51. The van der Waals surface area contributed by atoms with E-state index in [0.29, 0.717) is 23.1 Å². The van der Waals surface area contributed by atoms with Crippen LogP contribution in [0.2, 0.25) is 0 Å². The molecular formula is C30H40N2O6. The third-order valence-electron chi connectivity index (χ3n) is 6.41. The minimum Gasteiger partial charge on any atom is -0.507 e. The van der Waals surface area contributed by atoms with Gasteiger partial charge in [0.15, 0.2) is 17.1 Å². The van der Waals surface area contributed by atoms with Crippen molar-refractivity contribution in [2.75, 3.05) is 35.3 Å². The van der Waals surface area contributed by atoms with Crippen molar-refractivity contribution in [1.29, 1.82) is 0 Å². The Hall–Kier alpha value is -3.49. The van der Waals surface area contributed by atoms with Crippen molar-refractivity contribution < 1.29 is 24.5 Å². The lowest BCUT2D eigenvalue weighted by molar-refractivity contribution is 0.352. The molecule has 0 unspecified atom stereocenters. The van der Waals surface area contributed by atoms with E-state index in [1.54, 1.807) is 0 Å². The van der Waals surface area contributed by atoms with E-state index in [4.69, 9.17) is 9.15 Å². The smallest absolute Gasteiger partial charge is 0.204 e. The number of hydrogen-bond donors (Lipinski definition) is 3. The van der Waals surface area contributed by atoms with Crippen molar-refractivity contribution in [3.05, 3.63) is 55.8 Å². The zero-order chi connectivity index (χ0) is 28.5. The average molecular weight is 525 g/mol. The van der Waals surface area contributed by atoms with E-state index in [2.05, 4.69) is 0 Å². The molecule has 0 aliphatic carbocycles. The molecule has 1 aromatic heterocycles. The Bertz CT molecular complexity index is 1490. The van der Waals surface area contributed by atoms with Gasteiger partial charge < -0.3 is 34.3 Å². The molecule has 2 aromatic carbocycles. The van der Waals surface area contributed by atoms with Crippen molar-refractivity contribution in [2.24, 2.45) is 0 Å². The number of methoxy groups -OCH3 is 1. The molecule has 0 amide bonds. The number of nitrogens with zero attached hydrogens (tertiary/aromatic N) is 2. The van der Waals surface area contributed by atoms with Gasteiger partial charge in [-0.1, -0.05) is 23.3 Å². The summed E-state index contributed by atoms with van der Waals surface area (Å²) in [6.07, 6.45) is 4.41. The van der Waals surface area contributed by atoms with Crippen molar-refractivity contribution in [1.82, 2.24) is 9.80 Å². The molecule has 8 nitrogen and oxygen atoms in total. The molecule has 0 saturated carbocycles. The van der Waals surface area contributed by atoms with Gasteiger partial charge in [-0.25, -0.2) is 0 Å². The fraction of sp³-hybridized carbons (Fsp3) is 0.433. The molecule has 0 aliphatic heterocycles. The summed E-state index contributed by atoms with van der Waals surface area (Å²) >= 11 is 0. The Kier molecular flexibility index (Phi) is 8.79. The summed E-state index contributed by atoms with van der Waals surface area (Å²) in [4.78, 5) is 18.0. The highest BCUT2D eigenvalue weighted by Crippen LogP contribution is 2.45. The Labute approximate surface area is 224 Å². The summed E-state index contributed by atoms with van der Waals surface area (Å²) in [7, 11) is 8.84. The molecule has 3 aromatic rings. The monoisotopic (exact) mass is 524 g/mol. The lowest BCUT2D eigenvalue weighted by Gasteiger charge is -2.21. The molecular weight excluding hydrogens is 484 g/mol. The summed E-state index contributed by atoms with van der Waals surface area (Å²) < 4.78 is 12.1. The van der Waals surface area contributed by atoms with Crippen molar-refractivity contribution in [3.8, 4) is 23.0 Å². The van der Waals surface area contributed by atoms with E-state index >= 15 is 0 Å². The minimum atomic E-state index is -0.437. The van der Waals surface area contributed by atoms with Crippen LogP contribution in [0, 0.1) is 0 Å². The number of ether oxygens (including phenoxy) is 1. The second-order valence-corrected chi connectivity index (χ2v) is 10.8. The second-order valence-electron chi connectivity index (χ2n) is 10.8. The molecule has 0 aliphatic rings. The molecule has 1 heterocycles. The van der Waals surface area contributed by atoms with E-state index in [-0.39, 0.29) is 70.0 Å². The maximum atomic E-state index is 14.3. The van der Waals surface area contributed by atoms with E-state index in [0.717, 1.165) is 11.1 Å². The van der Waals surface area contributed by atoms with E-state index in [9.17, 15) is 20.1 Å². The largest absolute Gasteiger partial charge is 0.507 e. The molecule has 0 fully saturated rings. The van der Waals surface area contributed by atoms with Crippen LogP contribution < -0.4 is 10.2 Å². The standard InChI is InChI=1S/C30H40N2O6/c1-16(2)10-12-18-22-27(36)23-25(34)19(13-11-17(3)4)24(33)20(14-31(5)6)29(23)38-28(22)21(15-32(7)8)26(35)30(18)37-9/h10-11,33-35H,12-15H2,1-9H3. The zero-order valence-corrected chi connectivity index (χ0v) is 23.9. The number of allylic oxidation sites excluding steroid dienone is 4. The lowest BCUT2D eigenvalue weighted by Crippen LogP contribution is -2.16. The fourth-order valence-electron chi connectivity index (χ4n) is 4.65. The molecule has 8 heteroatoms. The first kappa shape index (κ1) is 29.1. The SMILES string of the molecule is COc1c(O)c(CN(C)C)c2oc3c(CN(C)C)c(O)c(CC=C(C)C)c(O)c3c(=O)c2c1CC=C(C)C. The van der Waals surface area contributed by atoms with Gasteiger partial charge in [0.05, 0.1) is 23.6 Å². The highest BCUT2D eigenvalue weighted by Gasteiger charge is 2.29. The fourth-order valence-corrected chi connectivity index (χ4v) is 4.65. The molecule has 3 rings (SSSR count). The highest BCUT2D eigenvalue weighted by atomic mass is 16.5. The highest BCUT2D eigenvalue weighted by molar-refractivity contribution is 6.00. The number of fused-ring (bicyclic) bond motifs is 2. The Balaban J connectivity index is 2.67. The number of benzene rings is 2. The van der Waals surface area contributed by atoms with Gasteiger partial charge in [-0.2, -0.15) is 0 Å². The van der Waals surface area contributed by atoms with Gasteiger partial charge in [-0.15, -0.1) is 0 Å². The Morgan fingerprint density at radius 2 is 1.21 bits per heavy atom. The van der Waals surface area contributed by atoms with Crippen LogP contribution in [-0.2, 0) is 25.9 Å². The molecule has 0 atom stereocenters. The van der Waals surface area contributed by atoms with Gasteiger partial charge in [0.25, 0.3) is 0 Å². The van der Waals surface area contributed by atoms with Gasteiger partial charge in [-0.05, 0) is 68.7 Å². The Morgan fingerprint density at radius 3 is 1.68 bits per heavy atom. The molecule has 0 radical (unpaired) electrons. The first-order chi connectivity index (χ1) is 17.8. The van der Waals surface area contributed by atoms with E-state index < -0.39 is 5.43 Å². The van der Waals surface area contributed by atoms with Crippen LogP contribution in [0.1, 0.15) is 49.9 Å². The van der Waals surface area contributed by atoms with Gasteiger partial charge in [0.2, 0.25) is 5.43 Å². The number of rotatable bonds is 9. The predicted octanol–water partition coefficient (Wildman–Crippen LogP) is 5.21. The van der Waals surface area contributed by atoms with E-state index in [1.807, 2.05) is 77.8 Å². The van der Waals surface area contributed by atoms with Gasteiger partial charge >= 0.3 is 0 Å². The predicted molar refractivity (Wildman–Crippen MR) is 153 cm³/mol. The second kappa shape index (κ2) is 11.5. The molecule has 38 heavy (non-hydrogen) atoms. The first-order valence-corrected chi connectivity index (χ1v) is 12.6. The molecule has 3 N–H and O–H groups in total. The molecule has 0 spiro atoms. The van der Waals surface area contributed by atoms with Crippen molar-refractivity contribution >= 4 is 21.9 Å². The summed E-state index contributed by atoms with van der Waals surface area (Å²) in [5, 5.41) is 34.2. The van der Waals surface area contributed by atoms with Crippen LogP contribution in [-0.4, -0.2) is 60.4 Å². The van der Waals surface area contributed by atoms with Crippen molar-refractivity contribution in [3.63, 3.8) is 0 Å². The van der Waals surface area contributed by atoms with Gasteiger partial charge in [-0.3, -0.25) is 4.79 Å². The maximum Gasteiger partial charge on any atom is 0.204 e. The molecule has 206 valence electrons. The summed E-state index contributed by atoms with van der Waals surface area (Å²) in [6.45, 7) is 8.30. The first-order valence-electron chi connectivity index (χ1n) is 12.6. The summed E-state index contributed by atoms with van der Waals surface area (Å²) in [5.41, 5.74) is 3.47. The third-order valence-corrected chi connectivity index (χ3v) is 6.41. The van der Waals surface area contributed by atoms with Gasteiger partial charge in [0, 0.05) is 24.2 Å². The number of hydrogen-bond acceptors (Lipinski definition) is 8. The van der Waals surface area contributed by atoms with Crippen LogP contribution in [0.5, 0.6) is 23.0 Å². The topological polar surface area (TPSA) is 107 Å².